The molecule has 0 saturated carbocycles. The fourth-order valence-corrected chi connectivity index (χ4v) is 3.01. The van der Waals surface area contributed by atoms with Crippen molar-refractivity contribution in [1.82, 2.24) is 0 Å². The van der Waals surface area contributed by atoms with Gasteiger partial charge in [0.1, 0.15) is 0 Å². The van der Waals surface area contributed by atoms with Gasteiger partial charge in [-0.3, -0.25) is 4.99 Å². The van der Waals surface area contributed by atoms with Crippen LogP contribution in [0.2, 0.25) is 0 Å². The molecule has 2 atom stereocenters. The van der Waals surface area contributed by atoms with E-state index in [9.17, 15) is 0 Å². The molecule has 3 nitrogen and oxygen atoms in total. The number of nitrogens with zero attached hydrogens (tertiary/aromatic N) is 1. The third-order valence-electron chi connectivity index (χ3n) is 3.96. The standard InChI is InChI=1S/C14H17NO2/c1-4-12-14(2)10(8-15-12)9-6-5-7-11(16-3)13(9)17-14/h5-7,10H,4,8H2,1-3H3/t10-,14-/m1/s1. The van der Waals surface area contributed by atoms with Gasteiger partial charge < -0.3 is 9.47 Å². The van der Waals surface area contributed by atoms with Gasteiger partial charge in [-0.2, -0.15) is 0 Å². The van der Waals surface area contributed by atoms with Crippen molar-refractivity contribution in [2.24, 2.45) is 4.99 Å². The number of fused-ring (bicyclic) bond motifs is 3. The van der Waals surface area contributed by atoms with E-state index in [-0.39, 0.29) is 5.60 Å². The zero-order valence-electron chi connectivity index (χ0n) is 10.5. The summed E-state index contributed by atoms with van der Waals surface area (Å²) in [7, 11) is 1.68. The molecule has 17 heavy (non-hydrogen) atoms. The van der Waals surface area contributed by atoms with Gasteiger partial charge in [-0.1, -0.05) is 19.1 Å². The Morgan fingerprint density at radius 2 is 2.35 bits per heavy atom. The van der Waals surface area contributed by atoms with Crippen LogP contribution in [0.25, 0.3) is 0 Å². The minimum absolute atomic E-state index is 0.258. The molecular weight excluding hydrogens is 214 g/mol. The van der Waals surface area contributed by atoms with Crippen molar-refractivity contribution in [3.8, 4) is 11.5 Å². The Morgan fingerprint density at radius 1 is 1.53 bits per heavy atom. The molecule has 0 radical (unpaired) electrons. The molecule has 0 unspecified atom stereocenters. The van der Waals surface area contributed by atoms with Crippen LogP contribution in [0, 0.1) is 0 Å². The normalized spacial score (nSPS) is 29.4. The van der Waals surface area contributed by atoms with E-state index < -0.39 is 0 Å². The number of rotatable bonds is 2. The lowest BCUT2D eigenvalue weighted by molar-refractivity contribution is 0.168. The van der Waals surface area contributed by atoms with E-state index in [4.69, 9.17) is 9.47 Å². The molecule has 0 fully saturated rings. The summed E-state index contributed by atoms with van der Waals surface area (Å²) in [4.78, 5) is 4.62. The second-order valence-electron chi connectivity index (χ2n) is 4.78. The molecule has 0 aromatic heterocycles. The molecule has 2 heterocycles. The predicted molar refractivity (Wildman–Crippen MR) is 67.4 cm³/mol. The maximum absolute atomic E-state index is 6.19. The number of methoxy groups -OCH3 is 1. The molecule has 1 aromatic carbocycles. The molecule has 0 saturated heterocycles. The van der Waals surface area contributed by atoms with E-state index in [1.54, 1.807) is 7.11 Å². The number of aliphatic imine (C=N–C) groups is 1. The second kappa shape index (κ2) is 3.49. The summed E-state index contributed by atoms with van der Waals surface area (Å²) in [5.41, 5.74) is 2.14. The summed E-state index contributed by atoms with van der Waals surface area (Å²) in [5.74, 6) is 2.08. The van der Waals surface area contributed by atoms with E-state index in [2.05, 4.69) is 24.9 Å². The maximum Gasteiger partial charge on any atom is 0.166 e. The number of hydrogen-bond donors (Lipinski definition) is 0. The Hall–Kier alpha value is -1.51. The zero-order chi connectivity index (χ0) is 12.0. The fourth-order valence-electron chi connectivity index (χ4n) is 3.01. The molecule has 0 bridgehead atoms. The third-order valence-corrected chi connectivity index (χ3v) is 3.96. The van der Waals surface area contributed by atoms with Crippen molar-refractivity contribution >= 4 is 5.71 Å². The van der Waals surface area contributed by atoms with Gasteiger partial charge in [0.15, 0.2) is 17.1 Å². The monoisotopic (exact) mass is 231 g/mol. The van der Waals surface area contributed by atoms with E-state index in [1.807, 2.05) is 12.1 Å². The number of para-hydroxylation sites is 1. The van der Waals surface area contributed by atoms with Crippen molar-refractivity contribution < 1.29 is 9.47 Å². The minimum Gasteiger partial charge on any atom is -0.493 e. The van der Waals surface area contributed by atoms with E-state index >= 15 is 0 Å². The Kier molecular flexibility index (Phi) is 2.18. The van der Waals surface area contributed by atoms with Crippen LogP contribution in [0.4, 0.5) is 0 Å². The molecular formula is C14H17NO2. The largest absolute Gasteiger partial charge is 0.493 e. The third kappa shape index (κ3) is 1.25. The average molecular weight is 231 g/mol. The van der Waals surface area contributed by atoms with Crippen LogP contribution in [-0.2, 0) is 0 Å². The van der Waals surface area contributed by atoms with Gasteiger partial charge in [-0.25, -0.2) is 0 Å². The highest BCUT2D eigenvalue weighted by molar-refractivity contribution is 5.96. The number of hydrogen-bond acceptors (Lipinski definition) is 3. The molecule has 1 aromatic rings. The summed E-state index contributed by atoms with van der Waals surface area (Å²) >= 11 is 0. The lowest BCUT2D eigenvalue weighted by Crippen LogP contribution is -2.39. The first-order chi connectivity index (χ1) is 8.20. The molecule has 0 spiro atoms. The van der Waals surface area contributed by atoms with Crippen LogP contribution in [0.5, 0.6) is 11.5 Å². The summed E-state index contributed by atoms with van der Waals surface area (Å²) in [6.45, 7) is 5.11. The van der Waals surface area contributed by atoms with Crippen LogP contribution >= 0.6 is 0 Å². The first-order valence-electron chi connectivity index (χ1n) is 6.10. The Morgan fingerprint density at radius 3 is 3.06 bits per heavy atom. The SMILES string of the molecule is CCC1=NC[C@@H]2c3cccc(OC)c3O[C@@]12C. The number of ether oxygens (including phenoxy) is 2. The molecule has 0 aliphatic carbocycles. The van der Waals surface area contributed by atoms with E-state index in [0.29, 0.717) is 5.92 Å². The molecule has 3 heteroatoms. The lowest BCUT2D eigenvalue weighted by atomic mass is 9.84. The topological polar surface area (TPSA) is 30.8 Å². The zero-order valence-corrected chi connectivity index (χ0v) is 10.5. The molecule has 0 N–H and O–H groups in total. The van der Waals surface area contributed by atoms with Crippen LogP contribution in [-0.4, -0.2) is 25.0 Å². The first kappa shape index (κ1) is 10.6. The van der Waals surface area contributed by atoms with Crippen molar-refractivity contribution in [2.75, 3.05) is 13.7 Å². The summed E-state index contributed by atoms with van der Waals surface area (Å²) in [6.07, 6.45) is 0.948. The minimum atomic E-state index is -0.258. The smallest absolute Gasteiger partial charge is 0.166 e. The van der Waals surface area contributed by atoms with Gasteiger partial charge in [0.25, 0.3) is 0 Å². The lowest BCUT2D eigenvalue weighted by Gasteiger charge is -2.25. The molecule has 2 aliphatic rings. The number of benzene rings is 1. The van der Waals surface area contributed by atoms with Crippen LogP contribution in [0.15, 0.2) is 23.2 Å². The highest BCUT2D eigenvalue weighted by Gasteiger charge is 2.51. The molecule has 90 valence electrons. The quantitative estimate of drug-likeness (QED) is 0.783. The second-order valence-corrected chi connectivity index (χ2v) is 4.78. The summed E-state index contributed by atoms with van der Waals surface area (Å²) in [5, 5.41) is 0. The fraction of sp³-hybridized carbons (Fsp3) is 0.500. The van der Waals surface area contributed by atoms with Crippen LogP contribution < -0.4 is 9.47 Å². The Labute approximate surface area is 101 Å². The first-order valence-corrected chi connectivity index (χ1v) is 6.10. The van der Waals surface area contributed by atoms with Gasteiger partial charge in [0.05, 0.1) is 25.3 Å². The van der Waals surface area contributed by atoms with Gasteiger partial charge >= 0.3 is 0 Å². The van der Waals surface area contributed by atoms with Crippen molar-refractivity contribution in [1.29, 1.82) is 0 Å². The summed E-state index contributed by atoms with van der Waals surface area (Å²) in [6, 6.07) is 6.10. The van der Waals surface area contributed by atoms with Gasteiger partial charge in [-0.15, -0.1) is 0 Å². The van der Waals surface area contributed by atoms with E-state index in [1.165, 1.54) is 11.3 Å². The Balaban J connectivity index is 2.09. The molecule has 3 rings (SSSR count). The van der Waals surface area contributed by atoms with E-state index in [0.717, 1.165) is 24.5 Å². The van der Waals surface area contributed by atoms with Crippen LogP contribution in [0.1, 0.15) is 31.7 Å². The van der Waals surface area contributed by atoms with Gasteiger partial charge in [0.2, 0.25) is 0 Å². The predicted octanol–water partition coefficient (Wildman–Crippen LogP) is 2.79. The highest BCUT2D eigenvalue weighted by Crippen LogP contribution is 2.52. The van der Waals surface area contributed by atoms with Gasteiger partial charge in [0, 0.05) is 5.56 Å². The molecule has 2 aliphatic heterocycles. The molecule has 0 amide bonds. The maximum atomic E-state index is 6.19. The Bertz CT molecular complexity index is 495. The van der Waals surface area contributed by atoms with Crippen molar-refractivity contribution in [3.05, 3.63) is 23.8 Å². The summed E-state index contributed by atoms with van der Waals surface area (Å²) < 4.78 is 11.6. The van der Waals surface area contributed by atoms with Crippen molar-refractivity contribution in [2.45, 2.75) is 31.8 Å². The van der Waals surface area contributed by atoms with Crippen molar-refractivity contribution in [3.63, 3.8) is 0 Å². The van der Waals surface area contributed by atoms with Gasteiger partial charge in [-0.05, 0) is 19.4 Å². The average Bonchev–Trinajstić information content (AvgIpc) is 2.79. The highest BCUT2D eigenvalue weighted by atomic mass is 16.5. The van der Waals surface area contributed by atoms with Crippen LogP contribution in [0.3, 0.4) is 0 Å².